The molecule has 0 heterocycles. The first-order valence-electron chi connectivity index (χ1n) is 5.76. The molecule has 6 heteroatoms. The van der Waals surface area contributed by atoms with E-state index in [0.717, 1.165) is 0 Å². The van der Waals surface area contributed by atoms with Gasteiger partial charge in [0, 0.05) is 17.7 Å². The Labute approximate surface area is 131 Å². The second kappa shape index (κ2) is 6.19. The highest BCUT2D eigenvalue weighted by atomic mass is 35.5. The second-order valence-electron chi connectivity index (χ2n) is 4.27. The Balaban J connectivity index is 2.42. The molecular formula is C14H11Cl3FNO. The Morgan fingerprint density at radius 3 is 2.30 bits per heavy atom. The van der Waals surface area contributed by atoms with E-state index in [1.807, 2.05) is 0 Å². The first kappa shape index (κ1) is 15.4. The van der Waals surface area contributed by atoms with Gasteiger partial charge in [0.25, 0.3) is 0 Å². The van der Waals surface area contributed by atoms with Crippen LogP contribution in [0.4, 0.5) is 4.39 Å². The van der Waals surface area contributed by atoms with E-state index in [1.165, 1.54) is 30.3 Å². The van der Waals surface area contributed by atoms with Crippen molar-refractivity contribution in [1.29, 1.82) is 0 Å². The molecule has 20 heavy (non-hydrogen) atoms. The molecule has 0 aliphatic carbocycles. The average molecular weight is 335 g/mol. The van der Waals surface area contributed by atoms with E-state index in [1.54, 1.807) is 6.92 Å². The van der Waals surface area contributed by atoms with Crippen molar-refractivity contribution in [1.82, 2.24) is 0 Å². The monoisotopic (exact) mass is 333 g/mol. The van der Waals surface area contributed by atoms with Crippen LogP contribution < -0.4 is 10.5 Å². The predicted octanol–water partition coefficient (Wildman–Crippen LogP) is 5.60. The van der Waals surface area contributed by atoms with Crippen LogP contribution in [0, 0.1) is 5.82 Å². The van der Waals surface area contributed by atoms with Crippen LogP contribution >= 0.6 is 34.8 Å². The number of rotatable bonds is 3. The van der Waals surface area contributed by atoms with E-state index in [4.69, 9.17) is 45.3 Å². The number of nitrogens with two attached hydrogens (primary N) is 1. The zero-order valence-electron chi connectivity index (χ0n) is 10.5. The summed E-state index contributed by atoms with van der Waals surface area (Å²) in [5.41, 5.74) is 6.34. The van der Waals surface area contributed by atoms with E-state index >= 15 is 0 Å². The summed E-state index contributed by atoms with van der Waals surface area (Å²) in [4.78, 5) is 0. The molecule has 0 saturated carbocycles. The second-order valence-corrected chi connectivity index (χ2v) is 5.49. The fourth-order valence-corrected chi connectivity index (χ4v) is 2.24. The number of halogens is 4. The lowest BCUT2D eigenvalue weighted by Crippen LogP contribution is -2.07. The van der Waals surface area contributed by atoms with Crippen LogP contribution in [-0.2, 0) is 0 Å². The molecule has 0 aromatic heterocycles. The van der Waals surface area contributed by atoms with Gasteiger partial charge in [-0.05, 0) is 31.2 Å². The summed E-state index contributed by atoms with van der Waals surface area (Å²) < 4.78 is 18.9. The van der Waals surface area contributed by atoms with Crippen LogP contribution in [-0.4, -0.2) is 0 Å². The summed E-state index contributed by atoms with van der Waals surface area (Å²) in [6.45, 7) is 1.73. The van der Waals surface area contributed by atoms with Crippen LogP contribution in [0.3, 0.4) is 0 Å². The summed E-state index contributed by atoms with van der Waals surface area (Å²) >= 11 is 17.8. The first-order chi connectivity index (χ1) is 9.38. The topological polar surface area (TPSA) is 35.2 Å². The fraction of sp³-hybridized carbons (Fsp3) is 0.143. The summed E-state index contributed by atoms with van der Waals surface area (Å²) in [6.07, 6.45) is 0. The Morgan fingerprint density at radius 2 is 1.65 bits per heavy atom. The van der Waals surface area contributed by atoms with Crippen molar-refractivity contribution in [3.8, 4) is 11.5 Å². The molecule has 0 spiro atoms. The third-order valence-corrected chi connectivity index (χ3v) is 3.67. The van der Waals surface area contributed by atoms with Crippen molar-refractivity contribution < 1.29 is 9.13 Å². The molecule has 2 aromatic rings. The molecular weight excluding hydrogens is 324 g/mol. The summed E-state index contributed by atoms with van der Waals surface area (Å²) in [7, 11) is 0. The van der Waals surface area contributed by atoms with Crippen LogP contribution in [0.2, 0.25) is 15.1 Å². The largest absolute Gasteiger partial charge is 0.455 e. The maximum atomic E-state index is 13.3. The summed E-state index contributed by atoms with van der Waals surface area (Å²) in [5.74, 6) is 0.362. The summed E-state index contributed by atoms with van der Waals surface area (Å²) in [6, 6.07) is 6.70. The maximum absolute atomic E-state index is 13.3. The summed E-state index contributed by atoms with van der Waals surface area (Å²) in [5, 5.41) is 0.949. The number of benzene rings is 2. The minimum absolute atomic E-state index is 0.305. The Kier molecular flexibility index (Phi) is 4.76. The molecule has 2 nitrogen and oxygen atoms in total. The highest BCUT2D eigenvalue weighted by Crippen LogP contribution is 2.38. The molecule has 2 N–H and O–H groups in total. The number of hydrogen-bond donors (Lipinski definition) is 1. The highest BCUT2D eigenvalue weighted by Gasteiger charge is 2.13. The smallest absolute Gasteiger partial charge is 0.147 e. The minimum atomic E-state index is -0.387. The van der Waals surface area contributed by atoms with E-state index in [-0.39, 0.29) is 11.9 Å². The molecule has 0 fully saturated rings. The van der Waals surface area contributed by atoms with Crippen LogP contribution in [0.5, 0.6) is 11.5 Å². The Morgan fingerprint density at radius 1 is 1.00 bits per heavy atom. The van der Waals surface area contributed by atoms with Crippen molar-refractivity contribution in [3.63, 3.8) is 0 Å². The molecule has 0 amide bonds. The average Bonchev–Trinajstić information content (AvgIpc) is 2.37. The van der Waals surface area contributed by atoms with Gasteiger partial charge in [-0.15, -0.1) is 0 Å². The third-order valence-electron chi connectivity index (χ3n) is 2.66. The van der Waals surface area contributed by atoms with Crippen molar-refractivity contribution >= 4 is 34.8 Å². The molecule has 2 aromatic carbocycles. The highest BCUT2D eigenvalue weighted by molar-refractivity contribution is 6.43. The molecule has 0 saturated heterocycles. The van der Waals surface area contributed by atoms with E-state index in [0.29, 0.717) is 32.1 Å². The van der Waals surface area contributed by atoms with Gasteiger partial charge in [0.05, 0.1) is 15.1 Å². The molecule has 1 atom stereocenters. The SMILES string of the molecule is C[C@H](N)c1cc(F)ccc1Oc1cc(Cl)c(Cl)cc1Cl. The lowest BCUT2D eigenvalue weighted by Gasteiger charge is -2.15. The predicted molar refractivity (Wildman–Crippen MR) is 80.5 cm³/mol. The van der Waals surface area contributed by atoms with Gasteiger partial charge in [0.15, 0.2) is 0 Å². The molecule has 0 unspecified atom stereocenters. The molecule has 0 radical (unpaired) electrons. The number of ether oxygens (including phenoxy) is 1. The van der Waals surface area contributed by atoms with Crippen molar-refractivity contribution in [3.05, 3.63) is 56.8 Å². The lowest BCUT2D eigenvalue weighted by molar-refractivity contribution is 0.469. The molecule has 0 aliphatic rings. The third kappa shape index (κ3) is 3.36. The van der Waals surface area contributed by atoms with Gasteiger partial charge >= 0.3 is 0 Å². The zero-order valence-corrected chi connectivity index (χ0v) is 12.7. The van der Waals surface area contributed by atoms with Gasteiger partial charge in [-0.3, -0.25) is 0 Å². The van der Waals surface area contributed by atoms with Gasteiger partial charge in [-0.2, -0.15) is 0 Å². The van der Waals surface area contributed by atoms with Gasteiger partial charge < -0.3 is 10.5 Å². The minimum Gasteiger partial charge on any atom is -0.455 e. The van der Waals surface area contributed by atoms with Gasteiger partial charge in [0.1, 0.15) is 17.3 Å². The van der Waals surface area contributed by atoms with Crippen LogP contribution in [0.1, 0.15) is 18.5 Å². The van der Waals surface area contributed by atoms with Gasteiger partial charge in [-0.1, -0.05) is 34.8 Å². The van der Waals surface area contributed by atoms with E-state index < -0.39 is 0 Å². The van der Waals surface area contributed by atoms with Crippen molar-refractivity contribution in [2.75, 3.05) is 0 Å². The molecule has 0 bridgehead atoms. The van der Waals surface area contributed by atoms with Gasteiger partial charge in [0.2, 0.25) is 0 Å². The van der Waals surface area contributed by atoms with E-state index in [2.05, 4.69) is 0 Å². The van der Waals surface area contributed by atoms with E-state index in [9.17, 15) is 4.39 Å². The first-order valence-corrected chi connectivity index (χ1v) is 6.89. The van der Waals surface area contributed by atoms with Crippen molar-refractivity contribution in [2.45, 2.75) is 13.0 Å². The molecule has 106 valence electrons. The number of hydrogen-bond acceptors (Lipinski definition) is 2. The van der Waals surface area contributed by atoms with Crippen LogP contribution in [0.25, 0.3) is 0 Å². The normalized spacial score (nSPS) is 12.3. The standard InChI is InChI=1S/C14H11Cl3FNO/c1-7(19)9-4-8(18)2-3-13(9)20-14-6-11(16)10(15)5-12(14)17/h2-7H,19H2,1H3/t7-/m0/s1. The Hall–Kier alpha value is -1.000. The Bertz CT molecular complexity index is 647. The van der Waals surface area contributed by atoms with Crippen LogP contribution in [0.15, 0.2) is 30.3 Å². The molecule has 2 rings (SSSR count). The van der Waals surface area contributed by atoms with Crippen molar-refractivity contribution in [2.24, 2.45) is 5.73 Å². The molecule has 0 aliphatic heterocycles. The van der Waals surface area contributed by atoms with Gasteiger partial charge in [-0.25, -0.2) is 4.39 Å². The maximum Gasteiger partial charge on any atom is 0.147 e. The quantitative estimate of drug-likeness (QED) is 0.742. The fourth-order valence-electron chi connectivity index (χ4n) is 1.67. The zero-order chi connectivity index (χ0) is 14.9. The lowest BCUT2D eigenvalue weighted by atomic mass is 10.1.